The van der Waals surface area contributed by atoms with E-state index in [9.17, 15) is 18.0 Å². The molecule has 0 spiro atoms. The van der Waals surface area contributed by atoms with Crippen LogP contribution in [0.2, 0.25) is 5.02 Å². The lowest BCUT2D eigenvalue weighted by Gasteiger charge is -2.13. The highest BCUT2D eigenvalue weighted by atomic mass is 35.5. The molecule has 1 amide bonds. The van der Waals surface area contributed by atoms with Gasteiger partial charge in [-0.2, -0.15) is 13.2 Å². The van der Waals surface area contributed by atoms with Gasteiger partial charge in [-0.15, -0.1) is 11.3 Å². The maximum Gasteiger partial charge on any atom is 0.418 e. The smallest absolute Gasteiger partial charge is 0.320 e. The van der Waals surface area contributed by atoms with Crippen molar-refractivity contribution in [3.8, 4) is 0 Å². The van der Waals surface area contributed by atoms with Gasteiger partial charge in [0.2, 0.25) is 0 Å². The minimum Gasteiger partial charge on any atom is -0.320 e. The summed E-state index contributed by atoms with van der Waals surface area (Å²) < 4.78 is 40.8. The average Bonchev–Trinajstić information content (AvgIpc) is 3.02. The molecule has 9 heteroatoms. The summed E-state index contributed by atoms with van der Waals surface area (Å²) >= 11 is 6.95. The Labute approximate surface area is 137 Å². The second kappa shape index (κ2) is 5.54. The van der Waals surface area contributed by atoms with Crippen molar-refractivity contribution in [1.82, 2.24) is 9.38 Å². The van der Waals surface area contributed by atoms with Gasteiger partial charge >= 0.3 is 6.18 Å². The minimum atomic E-state index is -4.63. The van der Waals surface area contributed by atoms with Crippen molar-refractivity contribution in [2.75, 3.05) is 5.32 Å². The summed E-state index contributed by atoms with van der Waals surface area (Å²) in [5.74, 6) is -0.715. The Balaban J connectivity index is 1.93. The van der Waals surface area contributed by atoms with Crippen LogP contribution in [0.5, 0.6) is 0 Å². The summed E-state index contributed by atoms with van der Waals surface area (Å²) in [5, 5.41) is 4.05. The predicted molar refractivity (Wildman–Crippen MR) is 82.2 cm³/mol. The molecule has 0 fully saturated rings. The van der Waals surface area contributed by atoms with Gasteiger partial charge in [0.25, 0.3) is 5.91 Å². The average molecular weight is 360 g/mol. The fraction of sp³-hybridized carbons (Fsp3) is 0.143. The lowest BCUT2D eigenvalue weighted by atomic mass is 10.1. The molecule has 120 valence electrons. The molecule has 1 aromatic carbocycles. The van der Waals surface area contributed by atoms with Crippen LogP contribution < -0.4 is 5.32 Å². The normalized spacial score (nSPS) is 11.9. The molecule has 0 aliphatic rings. The van der Waals surface area contributed by atoms with Crippen LogP contribution in [0, 0.1) is 6.92 Å². The highest BCUT2D eigenvalue weighted by molar-refractivity contribution is 7.15. The summed E-state index contributed by atoms with van der Waals surface area (Å²) in [4.78, 5) is 16.9. The van der Waals surface area contributed by atoms with Gasteiger partial charge in [-0.1, -0.05) is 11.6 Å². The number of amides is 1. The first-order chi connectivity index (χ1) is 10.8. The molecular formula is C14H9ClF3N3OS. The van der Waals surface area contributed by atoms with E-state index in [1.54, 1.807) is 4.40 Å². The molecule has 2 aromatic heterocycles. The number of rotatable bonds is 2. The molecule has 2 heterocycles. The predicted octanol–water partition coefficient (Wildman–Crippen LogP) is 4.63. The van der Waals surface area contributed by atoms with E-state index >= 15 is 0 Å². The van der Waals surface area contributed by atoms with Gasteiger partial charge in [-0.05, 0) is 25.1 Å². The quantitative estimate of drug-likeness (QED) is 0.725. The third kappa shape index (κ3) is 3.04. The van der Waals surface area contributed by atoms with E-state index < -0.39 is 17.6 Å². The molecule has 0 bridgehead atoms. The van der Waals surface area contributed by atoms with Crippen LogP contribution in [0.4, 0.5) is 18.9 Å². The van der Waals surface area contributed by atoms with Crippen LogP contribution in [-0.4, -0.2) is 15.3 Å². The molecule has 3 aromatic rings. The van der Waals surface area contributed by atoms with E-state index in [0.717, 1.165) is 17.8 Å². The van der Waals surface area contributed by atoms with Gasteiger partial charge in [0.15, 0.2) is 4.96 Å². The van der Waals surface area contributed by atoms with E-state index in [-0.39, 0.29) is 16.4 Å². The van der Waals surface area contributed by atoms with Crippen molar-refractivity contribution in [1.29, 1.82) is 0 Å². The number of aromatic nitrogens is 2. The molecule has 0 radical (unpaired) electrons. The maximum atomic E-state index is 13.0. The Morgan fingerprint density at radius 2 is 2.13 bits per heavy atom. The standard InChI is InChI=1S/C14H9ClF3N3OS/c1-7-6-23-13-20-11(5-21(7)13)12(22)19-10-3-2-8(15)4-9(10)14(16,17)18/h2-6H,1H3,(H,19,22). The minimum absolute atomic E-state index is 0.0445. The number of thiazole rings is 1. The first kappa shape index (κ1) is 15.8. The van der Waals surface area contributed by atoms with E-state index in [2.05, 4.69) is 10.3 Å². The molecular weight excluding hydrogens is 351 g/mol. The summed E-state index contributed by atoms with van der Waals surface area (Å²) in [6.45, 7) is 1.84. The Kier molecular flexibility index (Phi) is 3.81. The Morgan fingerprint density at radius 3 is 2.78 bits per heavy atom. The van der Waals surface area contributed by atoms with Gasteiger partial charge in [-0.3, -0.25) is 9.20 Å². The topological polar surface area (TPSA) is 46.4 Å². The zero-order chi connectivity index (χ0) is 16.8. The summed E-state index contributed by atoms with van der Waals surface area (Å²) in [5.41, 5.74) is -0.433. The number of anilines is 1. The second-order valence-corrected chi connectivity index (χ2v) is 6.07. The molecule has 0 aliphatic heterocycles. The Bertz CT molecular complexity index is 900. The second-order valence-electron chi connectivity index (χ2n) is 4.80. The molecule has 0 saturated carbocycles. The van der Waals surface area contributed by atoms with Gasteiger partial charge < -0.3 is 5.32 Å². The highest BCUT2D eigenvalue weighted by Gasteiger charge is 2.34. The molecule has 3 rings (SSSR count). The molecule has 0 aliphatic carbocycles. The van der Waals surface area contributed by atoms with Crippen LogP contribution in [0.1, 0.15) is 21.7 Å². The van der Waals surface area contributed by atoms with Crippen molar-refractivity contribution >= 4 is 39.5 Å². The monoisotopic (exact) mass is 359 g/mol. The largest absolute Gasteiger partial charge is 0.418 e. The fourth-order valence-electron chi connectivity index (χ4n) is 2.05. The number of alkyl halides is 3. The van der Waals surface area contributed by atoms with Crippen LogP contribution in [-0.2, 0) is 6.18 Å². The third-order valence-corrected chi connectivity index (χ3v) is 4.35. The van der Waals surface area contributed by atoms with E-state index in [1.807, 2.05) is 12.3 Å². The van der Waals surface area contributed by atoms with Gasteiger partial charge in [0.1, 0.15) is 5.69 Å². The van der Waals surface area contributed by atoms with Crippen LogP contribution in [0.25, 0.3) is 4.96 Å². The number of nitrogens with zero attached hydrogens (tertiary/aromatic N) is 2. The Hall–Kier alpha value is -2.06. The molecule has 0 saturated heterocycles. The first-order valence-corrected chi connectivity index (χ1v) is 7.63. The number of fused-ring (bicyclic) bond motifs is 1. The van der Waals surface area contributed by atoms with E-state index in [1.165, 1.54) is 23.6 Å². The maximum absolute atomic E-state index is 13.0. The molecule has 1 N–H and O–H groups in total. The van der Waals surface area contributed by atoms with Crippen molar-refractivity contribution in [3.63, 3.8) is 0 Å². The Morgan fingerprint density at radius 1 is 1.39 bits per heavy atom. The number of carbonyl (C=O) groups excluding carboxylic acids is 1. The van der Waals surface area contributed by atoms with Crippen molar-refractivity contribution in [2.45, 2.75) is 13.1 Å². The number of imidazole rings is 1. The molecule has 4 nitrogen and oxygen atoms in total. The fourth-order valence-corrected chi connectivity index (χ4v) is 3.07. The highest BCUT2D eigenvalue weighted by Crippen LogP contribution is 2.36. The summed E-state index contributed by atoms with van der Waals surface area (Å²) in [6, 6.07) is 3.17. The van der Waals surface area contributed by atoms with E-state index in [0.29, 0.717) is 4.96 Å². The first-order valence-electron chi connectivity index (χ1n) is 6.37. The van der Waals surface area contributed by atoms with E-state index in [4.69, 9.17) is 11.6 Å². The molecule has 23 heavy (non-hydrogen) atoms. The van der Waals surface area contributed by atoms with Gasteiger partial charge in [0.05, 0.1) is 11.3 Å². The van der Waals surface area contributed by atoms with Crippen LogP contribution >= 0.6 is 22.9 Å². The number of benzene rings is 1. The molecule has 0 atom stereocenters. The lowest BCUT2D eigenvalue weighted by molar-refractivity contribution is -0.136. The number of hydrogen-bond donors (Lipinski definition) is 1. The third-order valence-electron chi connectivity index (χ3n) is 3.16. The van der Waals surface area contributed by atoms with Crippen LogP contribution in [0.3, 0.4) is 0 Å². The van der Waals surface area contributed by atoms with Crippen molar-refractivity contribution in [2.24, 2.45) is 0 Å². The van der Waals surface area contributed by atoms with Crippen molar-refractivity contribution < 1.29 is 18.0 Å². The lowest BCUT2D eigenvalue weighted by Crippen LogP contribution is -2.17. The van der Waals surface area contributed by atoms with Crippen LogP contribution in [0.15, 0.2) is 29.8 Å². The van der Waals surface area contributed by atoms with Crippen molar-refractivity contribution in [3.05, 3.63) is 51.7 Å². The number of halogens is 4. The molecule has 0 unspecified atom stereocenters. The SMILES string of the molecule is Cc1csc2nc(C(=O)Nc3ccc(Cl)cc3C(F)(F)F)cn12. The number of aryl methyl sites for hydroxylation is 1. The van der Waals surface area contributed by atoms with Gasteiger partial charge in [0, 0.05) is 22.3 Å². The number of nitrogens with one attached hydrogen (secondary N) is 1. The number of hydrogen-bond acceptors (Lipinski definition) is 3. The summed E-state index contributed by atoms with van der Waals surface area (Å²) in [6.07, 6.45) is -3.14. The summed E-state index contributed by atoms with van der Waals surface area (Å²) in [7, 11) is 0. The number of carbonyl (C=O) groups is 1. The zero-order valence-corrected chi connectivity index (χ0v) is 13.2. The zero-order valence-electron chi connectivity index (χ0n) is 11.6. The van der Waals surface area contributed by atoms with Gasteiger partial charge in [-0.25, -0.2) is 4.98 Å².